The van der Waals surface area contributed by atoms with E-state index in [0.717, 1.165) is 11.1 Å². The summed E-state index contributed by atoms with van der Waals surface area (Å²) in [5, 5.41) is 10.2. The van der Waals surface area contributed by atoms with Gasteiger partial charge in [-0.1, -0.05) is 11.6 Å². The van der Waals surface area contributed by atoms with E-state index in [1.165, 1.54) is 0 Å². The average Bonchev–Trinajstić information content (AvgIpc) is 2.21. The van der Waals surface area contributed by atoms with Crippen LogP contribution in [0.3, 0.4) is 0 Å². The van der Waals surface area contributed by atoms with Crippen LogP contribution < -0.4 is 16.0 Å². The van der Waals surface area contributed by atoms with Crippen LogP contribution in [-0.4, -0.2) is 18.8 Å². The van der Waals surface area contributed by atoms with Gasteiger partial charge in [0.15, 0.2) is 0 Å². The first-order valence-corrected chi connectivity index (χ1v) is 4.93. The number of aryl methyl sites for hydroxylation is 1. The Hall–Kier alpha value is -0.810. The summed E-state index contributed by atoms with van der Waals surface area (Å²) in [6.07, 6.45) is -0.668. The summed E-state index contributed by atoms with van der Waals surface area (Å²) in [6, 6.07) is 3.48. The number of aliphatic hydroxyl groups is 1. The molecule has 15 heavy (non-hydrogen) atoms. The summed E-state index contributed by atoms with van der Waals surface area (Å²) in [6.45, 7) is 2.16. The van der Waals surface area contributed by atoms with E-state index in [4.69, 9.17) is 22.2 Å². The van der Waals surface area contributed by atoms with Crippen molar-refractivity contribution < 1.29 is 9.84 Å². The van der Waals surface area contributed by atoms with Gasteiger partial charge in [-0.3, -0.25) is 11.3 Å². The molecule has 1 unspecified atom stereocenters. The summed E-state index contributed by atoms with van der Waals surface area (Å²) < 4.78 is 5.07. The molecule has 4 N–H and O–H groups in total. The Morgan fingerprint density at radius 1 is 1.60 bits per heavy atom. The Kier molecular flexibility index (Phi) is 4.35. The zero-order valence-corrected chi connectivity index (χ0v) is 9.51. The Balaban J connectivity index is 3.04. The largest absolute Gasteiger partial charge is 0.495 e. The zero-order chi connectivity index (χ0) is 11.4. The summed E-state index contributed by atoms with van der Waals surface area (Å²) in [5.74, 6) is 5.75. The first-order chi connectivity index (χ1) is 7.10. The molecule has 84 valence electrons. The molecule has 1 aromatic carbocycles. The molecule has 0 radical (unpaired) electrons. The molecule has 4 nitrogen and oxygen atoms in total. The molecule has 0 saturated carbocycles. The number of rotatable bonds is 4. The van der Waals surface area contributed by atoms with Crippen LogP contribution in [0.5, 0.6) is 5.75 Å². The number of nitrogens with two attached hydrogens (primary N) is 1. The molecule has 0 aliphatic rings. The number of hydrogen-bond acceptors (Lipinski definition) is 4. The maximum Gasteiger partial charge on any atom is 0.137 e. The third kappa shape index (κ3) is 2.82. The van der Waals surface area contributed by atoms with Gasteiger partial charge in [0.05, 0.1) is 18.2 Å². The molecule has 1 aromatic rings. The molecular formula is C10H15ClN2O2. The lowest BCUT2D eigenvalue weighted by atomic mass is 10.0. The van der Waals surface area contributed by atoms with Crippen molar-refractivity contribution in [1.29, 1.82) is 0 Å². The van der Waals surface area contributed by atoms with E-state index >= 15 is 0 Å². The summed E-state index contributed by atoms with van der Waals surface area (Å²) in [5.41, 5.74) is 4.08. The highest BCUT2D eigenvalue weighted by Crippen LogP contribution is 2.30. The fourth-order valence-electron chi connectivity index (χ4n) is 1.41. The van der Waals surface area contributed by atoms with E-state index in [1.54, 1.807) is 19.2 Å². The van der Waals surface area contributed by atoms with Crippen molar-refractivity contribution in [2.24, 2.45) is 5.84 Å². The molecule has 0 saturated heterocycles. The minimum atomic E-state index is -0.668. The Labute approximate surface area is 94.0 Å². The topological polar surface area (TPSA) is 67.5 Å². The van der Waals surface area contributed by atoms with Crippen LogP contribution in [-0.2, 0) is 0 Å². The molecule has 1 atom stereocenters. The monoisotopic (exact) mass is 230 g/mol. The van der Waals surface area contributed by atoms with Crippen molar-refractivity contribution in [2.75, 3.05) is 13.7 Å². The normalized spacial score (nSPS) is 12.6. The van der Waals surface area contributed by atoms with E-state index < -0.39 is 6.10 Å². The molecule has 5 heteroatoms. The van der Waals surface area contributed by atoms with Crippen LogP contribution in [0.15, 0.2) is 12.1 Å². The summed E-state index contributed by atoms with van der Waals surface area (Å²) in [7, 11) is 1.55. The van der Waals surface area contributed by atoms with Gasteiger partial charge in [-0.25, -0.2) is 0 Å². The average molecular weight is 231 g/mol. The second kappa shape index (κ2) is 5.32. The predicted octanol–water partition coefficient (Wildman–Crippen LogP) is 1.15. The number of benzene rings is 1. The maximum atomic E-state index is 9.75. The summed E-state index contributed by atoms with van der Waals surface area (Å²) in [4.78, 5) is 0. The van der Waals surface area contributed by atoms with Crippen molar-refractivity contribution in [2.45, 2.75) is 13.0 Å². The van der Waals surface area contributed by atoms with E-state index in [1.807, 2.05) is 6.92 Å². The SMILES string of the molecule is COc1cc(C)c(C(O)CNN)cc1Cl. The number of hydrazine groups is 1. The van der Waals surface area contributed by atoms with Crippen LogP contribution in [0.2, 0.25) is 5.02 Å². The lowest BCUT2D eigenvalue weighted by molar-refractivity contribution is 0.174. The van der Waals surface area contributed by atoms with E-state index in [-0.39, 0.29) is 6.54 Å². The number of nitrogens with one attached hydrogen (secondary N) is 1. The van der Waals surface area contributed by atoms with E-state index in [0.29, 0.717) is 10.8 Å². The van der Waals surface area contributed by atoms with E-state index in [9.17, 15) is 5.11 Å². The molecule has 1 rings (SSSR count). The quantitative estimate of drug-likeness (QED) is 0.536. The fraction of sp³-hybridized carbons (Fsp3) is 0.400. The maximum absolute atomic E-state index is 9.75. The van der Waals surface area contributed by atoms with Gasteiger partial charge in [-0.15, -0.1) is 0 Å². The first-order valence-electron chi connectivity index (χ1n) is 4.55. The highest BCUT2D eigenvalue weighted by molar-refractivity contribution is 6.32. The van der Waals surface area contributed by atoms with Crippen LogP contribution >= 0.6 is 11.6 Å². The minimum absolute atomic E-state index is 0.281. The lowest BCUT2D eigenvalue weighted by Crippen LogP contribution is -2.27. The molecular weight excluding hydrogens is 216 g/mol. The van der Waals surface area contributed by atoms with Crippen molar-refractivity contribution in [3.05, 3.63) is 28.3 Å². The van der Waals surface area contributed by atoms with Crippen molar-refractivity contribution in [1.82, 2.24) is 5.43 Å². The van der Waals surface area contributed by atoms with Gasteiger partial charge in [-0.05, 0) is 30.2 Å². The molecule has 0 spiro atoms. The third-order valence-electron chi connectivity index (χ3n) is 2.21. The van der Waals surface area contributed by atoms with Gasteiger partial charge in [0, 0.05) is 6.54 Å². The van der Waals surface area contributed by atoms with Gasteiger partial charge in [0.25, 0.3) is 0 Å². The van der Waals surface area contributed by atoms with Gasteiger partial charge in [0.2, 0.25) is 0 Å². The van der Waals surface area contributed by atoms with Crippen molar-refractivity contribution >= 4 is 11.6 Å². The Morgan fingerprint density at radius 2 is 2.27 bits per heavy atom. The molecule has 0 aliphatic carbocycles. The first kappa shape index (κ1) is 12.3. The highest BCUT2D eigenvalue weighted by Gasteiger charge is 2.13. The van der Waals surface area contributed by atoms with Gasteiger partial charge in [0.1, 0.15) is 5.75 Å². The standard InChI is InChI=1S/C10H15ClN2O2/c1-6-3-10(15-2)8(11)4-7(6)9(14)5-13-12/h3-4,9,13-14H,5,12H2,1-2H3. The Bertz CT molecular complexity index is 344. The second-order valence-corrected chi connectivity index (χ2v) is 3.67. The van der Waals surface area contributed by atoms with Gasteiger partial charge >= 0.3 is 0 Å². The van der Waals surface area contributed by atoms with Crippen LogP contribution in [0.4, 0.5) is 0 Å². The van der Waals surface area contributed by atoms with Gasteiger partial charge < -0.3 is 9.84 Å². The molecule has 0 bridgehead atoms. The molecule has 0 aromatic heterocycles. The summed E-state index contributed by atoms with van der Waals surface area (Å²) >= 11 is 5.96. The molecule has 0 aliphatic heterocycles. The number of aliphatic hydroxyl groups excluding tert-OH is 1. The number of ether oxygens (including phenoxy) is 1. The van der Waals surface area contributed by atoms with Gasteiger partial charge in [-0.2, -0.15) is 0 Å². The highest BCUT2D eigenvalue weighted by atomic mass is 35.5. The number of halogens is 1. The van der Waals surface area contributed by atoms with Crippen molar-refractivity contribution in [3.8, 4) is 5.75 Å². The fourth-order valence-corrected chi connectivity index (χ4v) is 1.66. The Morgan fingerprint density at radius 3 is 2.80 bits per heavy atom. The number of hydrogen-bond donors (Lipinski definition) is 3. The van der Waals surface area contributed by atoms with Crippen LogP contribution in [0.1, 0.15) is 17.2 Å². The smallest absolute Gasteiger partial charge is 0.137 e. The van der Waals surface area contributed by atoms with Crippen LogP contribution in [0.25, 0.3) is 0 Å². The minimum Gasteiger partial charge on any atom is -0.495 e. The third-order valence-corrected chi connectivity index (χ3v) is 2.51. The molecule has 0 amide bonds. The van der Waals surface area contributed by atoms with Crippen LogP contribution in [0, 0.1) is 6.92 Å². The van der Waals surface area contributed by atoms with Crippen molar-refractivity contribution in [3.63, 3.8) is 0 Å². The second-order valence-electron chi connectivity index (χ2n) is 3.27. The lowest BCUT2D eigenvalue weighted by Gasteiger charge is -2.15. The number of methoxy groups -OCH3 is 1. The molecule has 0 fully saturated rings. The molecule has 0 heterocycles. The zero-order valence-electron chi connectivity index (χ0n) is 8.75. The van der Waals surface area contributed by atoms with E-state index in [2.05, 4.69) is 5.43 Å². The predicted molar refractivity (Wildman–Crippen MR) is 59.9 cm³/mol.